The molecule has 1 unspecified atom stereocenters. The fourth-order valence-electron chi connectivity index (χ4n) is 4.65. The van der Waals surface area contributed by atoms with Crippen LogP contribution in [0.1, 0.15) is 45.4 Å². The van der Waals surface area contributed by atoms with Gasteiger partial charge in [0.05, 0.1) is 5.69 Å². The van der Waals surface area contributed by atoms with Crippen molar-refractivity contribution in [1.29, 1.82) is 0 Å². The van der Waals surface area contributed by atoms with Gasteiger partial charge in [0.1, 0.15) is 5.56 Å². The molecule has 0 N–H and O–H groups in total. The Hall–Kier alpha value is -2.50. The van der Waals surface area contributed by atoms with E-state index in [9.17, 15) is 9.59 Å². The number of fused-ring (bicyclic) bond motifs is 3. The predicted molar refractivity (Wildman–Crippen MR) is 126 cm³/mol. The van der Waals surface area contributed by atoms with Gasteiger partial charge >= 0.3 is 0 Å². The Bertz CT molecular complexity index is 1230. The standard InChI is InChI=1S/C25H23ClN2O2S/c1-16-14-21(29)24(25(30)27-12-6-7-13-27)20-15-23(17-8-2-3-9-18(17)26)31-22-11-5-4-10-19(22)28(16)20/h2-5,8-11,14,23H,6-7,12-13,15H2,1H3. The first-order valence-corrected chi connectivity index (χ1v) is 11.9. The zero-order valence-corrected chi connectivity index (χ0v) is 18.9. The number of hydrogen-bond donors (Lipinski definition) is 0. The van der Waals surface area contributed by atoms with Crippen molar-refractivity contribution in [3.8, 4) is 5.69 Å². The first kappa shape index (κ1) is 20.4. The van der Waals surface area contributed by atoms with Crippen molar-refractivity contribution < 1.29 is 4.79 Å². The van der Waals surface area contributed by atoms with Crippen LogP contribution in [-0.2, 0) is 6.42 Å². The Morgan fingerprint density at radius 2 is 1.77 bits per heavy atom. The molecule has 3 heterocycles. The van der Waals surface area contributed by atoms with Crippen molar-refractivity contribution in [1.82, 2.24) is 9.47 Å². The first-order chi connectivity index (χ1) is 15.0. The van der Waals surface area contributed by atoms with Gasteiger partial charge < -0.3 is 9.47 Å². The SMILES string of the molecule is Cc1cc(=O)c(C(=O)N2CCCC2)c2n1-c1ccccc1SC(c1ccccc1Cl)C2. The van der Waals surface area contributed by atoms with E-state index in [1.165, 1.54) is 0 Å². The minimum Gasteiger partial charge on any atom is -0.338 e. The molecule has 0 bridgehead atoms. The Morgan fingerprint density at radius 1 is 1.06 bits per heavy atom. The molecule has 31 heavy (non-hydrogen) atoms. The molecular weight excluding hydrogens is 428 g/mol. The molecule has 6 heteroatoms. The Labute approximate surface area is 190 Å². The molecule has 1 saturated heterocycles. The number of thioether (sulfide) groups is 1. The second kappa shape index (κ2) is 8.21. The van der Waals surface area contributed by atoms with Gasteiger partial charge in [-0.2, -0.15) is 0 Å². The number of nitrogens with zero attached hydrogens (tertiary/aromatic N) is 2. The number of pyridine rings is 1. The van der Waals surface area contributed by atoms with Gasteiger partial charge in [-0.15, -0.1) is 11.8 Å². The van der Waals surface area contributed by atoms with Crippen molar-refractivity contribution in [2.75, 3.05) is 13.1 Å². The average molecular weight is 451 g/mol. The van der Waals surface area contributed by atoms with E-state index in [0.29, 0.717) is 30.1 Å². The molecule has 0 spiro atoms. The zero-order valence-electron chi connectivity index (χ0n) is 17.3. The van der Waals surface area contributed by atoms with Crippen molar-refractivity contribution in [3.63, 3.8) is 0 Å². The lowest BCUT2D eigenvalue weighted by atomic mass is 10.0. The summed E-state index contributed by atoms with van der Waals surface area (Å²) in [6.07, 6.45) is 2.53. The molecule has 1 aromatic heterocycles. The number of benzene rings is 2. The summed E-state index contributed by atoms with van der Waals surface area (Å²) in [6.45, 7) is 3.36. The van der Waals surface area contributed by atoms with Crippen LogP contribution in [0.15, 0.2) is 64.3 Å². The van der Waals surface area contributed by atoms with E-state index in [0.717, 1.165) is 40.4 Å². The van der Waals surface area contributed by atoms with Crippen LogP contribution < -0.4 is 5.43 Å². The normalized spacial score (nSPS) is 17.7. The maximum absolute atomic E-state index is 13.5. The fraction of sp³-hybridized carbons (Fsp3) is 0.280. The summed E-state index contributed by atoms with van der Waals surface area (Å²) in [7, 11) is 0. The smallest absolute Gasteiger partial charge is 0.259 e. The fourth-order valence-corrected chi connectivity index (χ4v) is 6.30. The molecule has 2 aromatic carbocycles. The predicted octanol–water partition coefficient (Wildman–Crippen LogP) is 5.42. The summed E-state index contributed by atoms with van der Waals surface area (Å²) < 4.78 is 2.10. The van der Waals surface area contributed by atoms with Gasteiger partial charge in [-0.25, -0.2) is 0 Å². The third-order valence-electron chi connectivity index (χ3n) is 6.11. The van der Waals surface area contributed by atoms with Crippen LogP contribution in [0.3, 0.4) is 0 Å². The quantitative estimate of drug-likeness (QED) is 0.523. The van der Waals surface area contributed by atoms with E-state index < -0.39 is 0 Å². The molecule has 2 aliphatic heterocycles. The highest BCUT2D eigenvalue weighted by Gasteiger charge is 2.32. The summed E-state index contributed by atoms with van der Waals surface area (Å²) >= 11 is 8.31. The first-order valence-electron chi connectivity index (χ1n) is 10.6. The van der Waals surface area contributed by atoms with E-state index >= 15 is 0 Å². The molecule has 5 rings (SSSR count). The van der Waals surface area contributed by atoms with Crippen molar-refractivity contribution in [2.45, 2.75) is 36.3 Å². The van der Waals surface area contributed by atoms with E-state index in [-0.39, 0.29) is 16.6 Å². The molecule has 1 amide bonds. The van der Waals surface area contributed by atoms with Gasteiger partial charge in [-0.3, -0.25) is 9.59 Å². The Morgan fingerprint density at radius 3 is 2.55 bits per heavy atom. The lowest BCUT2D eigenvalue weighted by Gasteiger charge is -2.23. The van der Waals surface area contributed by atoms with Gasteiger partial charge in [-0.05, 0) is 43.5 Å². The Balaban J connectivity index is 1.76. The summed E-state index contributed by atoms with van der Waals surface area (Å²) in [5.74, 6) is -0.145. The van der Waals surface area contributed by atoms with Crippen LogP contribution in [-0.4, -0.2) is 28.5 Å². The van der Waals surface area contributed by atoms with Gasteiger partial charge in [0, 0.05) is 52.1 Å². The minimum atomic E-state index is -0.192. The molecule has 0 saturated carbocycles. The number of halogens is 1. The van der Waals surface area contributed by atoms with E-state index in [2.05, 4.69) is 16.7 Å². The largest absolute Gasteiger partial charge is 0.338 e. The zero-order chi connectivity index (χ0) is 21.5. The Kier molecular flexibility index (Phi) is 5.40. The van der Waals surface area contributed by atoms with Crippen molar-refractivity contribution in [3.05, 3.63) is 92.4 Å². The van der Waals surface area contributed by atoms with Crippen LogP contribution in [0.5, 0.6) is 0 Å². The number of carbonyl (C=O) groups excluding carboxylic acids is 1. The second-order valence-electron chi connectivity index (χ2n) is 8.11. The van der Waals surface area contributed by atoms with Gasteiger partial charge in [0.25, 0.3) is 5.91 Å². The van der Waals surface area contributed by atoms with Crippen LogP contribution in [0, 0.1) is 6.92 Å². The average Bonchev–Trinajstić information content (AvgIpc) is 3.23. The minimum absolute atomic E-state index is 0.00470. The number of para-hydroxylation sites is 1. The monoisotopic (exact) mass is 450 g/mol. The number of hydrogen-bond acceptors (Lipinski definition) is 3. The maximum Gasteiger partial charge on any atom is 0.259 e. The summed E-state index contributed by atoms with van der Waals surface area (Å²) in [6, 6.07) is 17.6. The lowest BCUT2D eigenvalue weighted by molar-refractivity contribution is 0.0789. The third kappa shape index (κ3) is 3.60. The van der Waals surface area contributed by atoms with E-state index in [4.69, 9.17) is 11.6 Å². The van der Waals surface area contributed by atoms with Crippen molar-refractivity contribution >= 4 is 29.3 Å². The highest BCUT2D eigenvalue weighted by Crippen LogP contribution is 2.46. The number of aromatic nitrogens is 1. The van der Waals surface area contributed by atoms with Crippen molar-refractivity contribution in [2.24, 2.45) is 0 Å². The van der Waals surface area contributed by atoms with Gasteiger partial charge in [0.2, 0.25) is 0 Å². The number of likely N-dealkylation sites (tertiary alicyclic amines) is 1. The molecule has 2 aliphatic rings. The van der Waals surface area contributed by atoms with E-state index in [1.54, 1.807) is 17.8 Å². The van der Waals surface area contributed by atoms with E-state index in [1.807, 2.05) is 48.2 Å². The molecule has 1 atom stereocenters. The molecule has 158 valence electrons. The highest BCUT2D eigenvalue weighted by atomic mass is 35.5. The van der Waals surface area contributed by atoms with Crippen LogP contribution in [0.4, 0.5) is 0 Å². The van der Waals surface area contributed by atoms with Crippen LogP contribution in [0.25, 0.3) is 5.69 Å². The highest BCUT2D eigenvalue weighted by molar-refractivity contribution is 7.99. The van der Waals surface area contributed by atoms with Crippen LogP contribution in [0.2, 0.25) is 5.02 Å². The number of aryl methyl sites for hydroxylation is 1. The van der Waals surface area contributed by atoms with Gasteiger partial charge in [-0.1, -0.05) is 41.9 Å². The topological polar surface area (TPSA) is 42.3 Å². The second-order valence-corrected chi connectivity index (χ2v) is 9.76. The third-order valence-corrected chi connectivity index (χ3v) is 7.76. The lowest BCUT2D eigenvalue weighted by Crippen LogP contribution is -2.34. The summed E-state index contributed by atoms with van der Waals surface area (Å²) in [5, 5.41) is 0.697. The number of amides is 1. The van der Waals surface area contributed by atoms with Crippen LogP contribution >= 0.6 is 23.4 Å². The van der Waals surface area contributed by atoms with Gasteiger partial charge in [0.15, 0.2) is 5.43 Å². The summed E-state index contributed by atoms with van der Waals surface area (Å²) in [5.41, 5.74) is 3.76. The maximum atomic E-state index is 13.5. The molecule has 0 radical (unpaired) electrons. The molecule has 0 aliphatic carbocycles. The number of carbonyl (C=O) groups is 1. The molecule has 3 aromatic rings. The molecule has 4 nitrogen and oxygen atoms in total. The number of rotatable bonds is 2. The molecule has 1 fully saturated rings. The summed E-state index contributed by atoms with van der Waals surface area (Å²) in [4.78, 5) is 29.5. The molecular formula is C25H23ClN2O2S.